The molecule has 3 aromatic carbocycles. The van der Waals surface area contributed by atoms with Gasteiger partial charge in [-0.3, -0.25) is 14.6 Å². The fraction of sp³-hybridized carbons (Fsp3) is 0.194. The summed E-state index contributed by atoms with van der Waals surface area (Å²) in [5.41, 5.74) is 3.13. The van der Waals surface area contributed by atoms with Crippen molar-refractivity contribution >= 4 is 22.5 Å². The Hall–Kier alpha value is -4.72. The molecule has 5 aromatic rings. The van der Waals surface area contributed by atoms with E-state index >= 15 is 0 Å². The first-order chi connectivity index (χ1) is 18.9. The number of hydrogen-bond donors (Lipinski definition) is 0. The molecule has 0 spiro atoms. The predicted molar refractivity (Wildman–Crippen MR) is 142 cm³/mol. The quantitative estimate of drug-likeness (QED) is 0.212. The Bertz CT molecular complexity index is 1680. The van der Waals surface area contributed by atoms with Crippen molar-refractivity contribution in [2.75, 3.05) is 0 Å². The molecule has 0 saturated heterocycles. The van der Waals surface area contributed by atoms with Gasteiger partial charge in [0.15, 0.2) is 11.6 Å². The zero-order valence-electron chi connectivity index (χ0n) is 21.2. The molecule has 1 aliphatic carbocycles. The number of halogens is 1. The fourth-order valence-electron chi connectivity index (χ4n) is 4.83. The second-order valence-corrected chi connectivity index (χ2v) is 9.89. The highest BCUT2D eigenvalue weighted by Gasteiger charge is 2.54. The zero-order chi connectivity index (χ0) is 27.0. The molecule has 0 aliphatic heterocycles. The number of benzene rings is 3. The topological polar surface area (TPSA) is 95.2 Å². The van der Waals surface area contributed by atoms with E-state index in [1.165, 1.54) is 18.5 Å². The van der Waals surface area contributed by atoms with Crippen LogP contribution >= 0.6 is 0 Å². The Labute approximate surface area is 223 Å². The first kappa shape index (κ1) is 24.6. The van der Waals surface area contributed by atoms with Crippen molar-refractivity contribution in [3.8, 4) is 23.0 Å². The van der Waals surface area contributed by atoms with Gasteiger partial charge in [-0.25, -0.2) is 4.39 Å². The molecule has 2 heterocycles. The number of aromatic nitrogens is 3. The predicted octanol–water partition coefficient (Wildman–Crippen LogP) is 6.23. The van der Waals surface area contributed by atoms with Gasteiger partial charge in [0, 0.05) is 30.0 Å². The molecule has 39 heavy (non-hydrogen) atoms. The van der Waals surface area contributed by atoms with Crippen molar-refractivity contribution in [2.45, 2.75) is 32.6 Å². The second-order valence-electron chi connectivity index (χ2n) is 9.89. The van der Waals surface area contributed by atoms with E-state index in [4.69, 9.17) is 9.15 Å². The minimum Gasteiger partial charge on any atom is -0.457 e. The van der Waals surface area contributed by atoms with E-state index in [2.05, 4.69) is 15.2 Å². The number of hydrogen-bond acceptors (Lipinski definition) is 7. The number of Topliss-reactive ketones (excluding diaryl/α,β-unsaturated/α-hetero) is 2. The lowest BCUT2D eigenvalue weighted by atomic mass is 9.88. The largest absolute Gasteiger partial charge is 0.457 e. The summed E-state index contributed by atoms with van der Waals surface area (Å²) >= 11 is 0. The van der Waals surface area contributed by atoms with Crippen LogP contribution in [0.2, 0.25) is 0 Å². The molecule has 1 fully saturated rings. The van der Waals surface area contributed by atoms with Crippen LogP contribution in [0, 0.1) is 18.2 Å². The molecule has 0 radical (unpaired) electrons. The third-order valence-electron chi connectivity index (χ3n) is 7.25. The lowest BCUT2D eigenvalue weighted by Gasteiger charge is -2.14. The maximum Gasteiger partial charge on any atom is 0.247 e. The Kier molecular flexibility index (Phi) is 6.23. The van der Waals surface area contributed by atoms with Gasteiger partial charge in [0.2, 0.25) is 12.3 Å². The zero-order valence-corrected chi connectivity index (χ0v) is 21.2. The van der Waals surface area contributed by atoms with Crippen LogP contribution in [0.15, 0.2) is 83.7 Å². The molecular formula is C31H24FN3O4. The molecule has 6 rings (SSSR count). The van der Waals surface area contributed by atoms with Crippen LogP contribution in [0.5, 0.6) is 11.5 Å². The summed E-state index contributed by atoms with van der Waals surface area (Å²) in [6, 6.07) is 18.8. The number of ether oxygens (including phenoxy) is 1. The highest BCUT2D eigenvalue weighted by Crippen LogP contribution is 2.49. The molecule has 1 aliphatic rings. The number of carbonyl (C=O) groups excluding carboxylic acids is 2. The molecular weight excluding hydrogens is 497 g/mol. The Morgan fingerprint density at radius 2 is 1.62 bits per heavy atom. The van der Waals surface area contributed by atoms with Gasteiger partial charge in [-0.15, -0.1) is 10.2 Å². The van der Waals surface area contributed by atoms with Gasteiger partial charge >= 0.3 is 0 Å². The normalized spacial score (nSPS) is 13.8. The van der Waals surface area contributed by atoms with E-state index in [1.807, 2.05) is 43.3 Å². The van der Waals surface area contributed by atoms with Gasteiger partial charge < -0.3 is 9.15 Å². The van der Waals surface area contributed by atoms with Crippen LogP contribution in [-0.4, -0.2) is 26.7 Å². The molecule has 0 amide bonds. The first-order valence-corrected chi connectivity index (χ1v) is 12.6. The van der Waals surface area contributed by atoms with Crippen molar-refractivity contribution in [1.29, 1.82) is 0 Å². The summed E-state index contributed by atoms with van der Waals surface area (Å²) in [5.74, 6) is 1.12. The lowest BCUT2D eigenvalue weighted by Crippen LogP contribution is -2.28. The lowest BCUT2D eigenvalue weighted by molar-refractivity contribution is -0.133. The third-order valence-corrected chi connectivity index (χ3v) is 7.25. The molecule has 0 unspecified atom stereocenters. The number of nitrogens with zero attached hydrogens (tertiary/aromatic N) is 3. The SMILES string of the molecule is Cc1cc2nccc(Oc3ccc(CC(=O)C4(C(=O)Cc5ccc(F)cc5)CC4)cc3)c2cc1-c1nnco1. The van der Waals surface area contributed by atoms with Gasteiger partial charge in [0.05, 0.1) is 10.9 Å². The van der Waals surface area contributed by atoms with Gasteiger partial charge in [0.25, 0.3) is 0 Å². The summed E-state index contributed by atoms with van der Waals surface area (Å²) in [7, 11) is 0. The summed E-state index contributed by atoms with van der Waals surface area (Å²) in [6.45, 7) is 1.95. The maximum absolute atomic E-state index is 13.2. The summed E-state index contributed by atoms with van der Waals surface area (Å²) in [5, 5.41) is 8.58. The number of carbonyl (C=O) groups is 2. The molecule has 8 heteroatoms. The monoisotopic (exact) mass is 521 g/mol. The number of pyridine rings is 1. The van der Waals surface area contributed by atoms with E-state index in [1.54, 1.807) is 24.4 Å². The number of fused-ring (bicyclic) bond motifs is 1. The minimum atomic E-state index is -0.923. The molecule has 194 valence electrons. The highest BCUT2D eigenvalue weighted by atomic mass is 19.1. The van der Waals surface area contributed by atoms with Crippen molar-refractivity contribution in [2.24, 2.45) is 5.41 Å². The maximum atomic E-state index is 13.2. The van der Waals surface area contributed by atoms with Crippen LogP contribution in [0.25, 0.3) is 22.4 Å². The van der Waals surface area contributed by atoms with E-state index < -0.39 is 5.41 Å². The van der Waals surface area contributed by atoms with E-state index in [0.29, 0.717) is 35.8 Å². The molecule has 1 saturated carbocycles. The first-order valence-electron chi connectivity index (χ1n) is 12.6. The minimum absolute atomic E-state index is 0.0765. The van der Waals surface area contributed by atoms with E-state index in [-0.39, 0.29) is 30.2 Å². The van der Waals surface area contributed by atoms with Gasteiger partial charge in [-0.2, -0.15) is 0 Å². The fourth-order valence-corrected chi connectivity index (χ4v) is 4.83. The third kappa shape index (κ3) is 4.93. The van der Waals surface area contributed by atoms with E-state index in [0.717, 1.165) is 27.6 Å². The second kappa shape index (κ2) is 9.87. The van der Waals surface area contributed by atoms with Gasteiger partial charge in [-0.1, -0.05) is 24.3 Å². The number of ketones is 2. The van der Waals surface area contributed by atoms with Crippen LogP contribution in [0.1, 0.15) is 29.5 Å². The summed E-state index contributed by atoms with van der Waals surface area (Å²) < 4.78 is 24.8. The van der Waals surface area contributed by atoms with Gasteiger partial charge in [-0.05, 0) is 78.9 Å². The Morgan fingerprint density at radius 3 is 2.23 bits per heavy atom. The Morgan fingerprint density at radius 1 is 0.949 bits per heavy atom. The highest BCUT2D eigenvalue weighted by molar-refractivity contribution is 6.11. The smallest absolute Gasteiger partial charge is 0.247 e. The van der Waals surface area contributed by atoms with Crippen LogP contribution in [0.3, 0.4) is 0 Å². The average Bonchev–Trinajstić information content (AvgIpc) is 3.58. The van der Waals surface area contributed by atoms with Gasteiger partial charge in [0.1, 0.15) is 17.3 Å². The van der Waals surface area contributed by atoms with Crippen LogP contribution in [-0.2, 0) is 22.4 Å². The van der Waals surface area contributed by atoms with Crippen LogP contribution < -0.4 is 4.74 Å². The number of rotatable bonds is 9. The average molecular weight is 522 g/mol. The molecule has 7 nitrogen and oxygen atoms in total. The summed E-state index contributed by atoms with van der Waals surface area (Å²) in [4.78, 5) is 30.5. The Balaban J connectivity index is 1.16. The molecule has 0 bridgehead atoms. The number of aryl methyl sites for hydroxylation is 1. The van der Waals surface area contributed by atoms with Crippen molar-refractivity contribution in [1.82, 2.24) is 15.2 Å². The van der Waals surface area contributed by atoms with Crippen LogP contribution in [0.4, 0.5) is 4.39 Å². The molecule has 0 atom stereocenters. The van der Waals surface area contributed by atoms with Crippen molar-refractivity contribution in [3.05, 3.63) is 102 Å². The van der Waals surface area contributed by atoms with E-state index in [9.17, 15) is 14.0 Å². The molecule has 2 aromatic heterocycles. The van der Waals surface area contributed by atoms with Crippen molar-refractivity contribution < 1.29 is 23.1 Å². The molecule has 0 N–H and O–H groups in total. The standard InChI is InChI=1S/C31H24FN3O4/c1-19-14-26-25(17-24(19)30-35-34-18-38-30)27(10-13-33-26)39-23-8-4-21(5-9-23)16-29(37)31(11-12-31)28(36)15-20-2-6-22(32)7-3-20/h2-10,13-14,17-18H,11-12,15-16H2,1H3. The summed E-state index contributed by atoms with van der Waals surface area (Å²) in [6.07, 6.45) is 4.40. The van der Waals surface area contributed by atoms with Crippen molar-refractivity contribution in [3.63, 3.8) is 0 Å².